The van der Waals surface area contributed by atoms with Gasteiger partial charge in [0.2, 0.25) is 5.91 Å². The van der Waals surface area contributed by atoms with E-state index < -0.39 is 74.2 Å². The Kier molecular flexibility index (Phi) is 47.7. The first kappa shape index (κ1) is 68.8. The third-order valence-electron chi connectivity index (χ3n) is 14.2. The molecular formula is C62H113NO10. The molecule has 9 unspecified atom stereocenters. The van der Waals surface area contributed by atoms with Gasteiger partial charge in [0.05, 0.1) is 25.4 Å². The predicted molar refractivity (Wildman–Crippen MR) is 302 cm³/mol. The zero-order valence-corrected chi connectivity index (χ0v) is 46.6. The number of unbranched alkanes of at least 4 members (excludes halogenated alkanes) is 29. The summed E-state index contributed by atoms with van der Waals surface area (Å²) in [6.45, 7) is 3.43. The molecule has 0 spiro atoms. The molecule has 426 valence electrons. The topological polar surface area (TPSA) is 189 Å². The second-order valence-corrected chi connectivity index (χ2v) is 21.0. The second kappa shape index (κ2) is 50.6. The number of hydrogen-bond donors (Lipinski definition) is 8. The normalized spacial score (nSPS) is 20.4. The van der Waals surface area contributed by atoms with Crippen LogP contribution in [0.25, 0.3) is 0 Å². The largest absolute Gasteiger partial charge is 0.394 e. The quantitative estimate of drug-likeness (QED) is 0.0215. The molecule has 8 N–H and O–H groups in total. The second-order valence-electron chi connectivity index (χ2n) is 21.0. The van der Waals surface area contributed by atoms with E-state index in [1.165, 1.54) is 161 Å². The van der Waals surface area contributed by atoms with Crippen LogP contribution in [0.3, 0.4) is 0 Å². The van der Waals surface area contributed by atoms with Crippen LogP contribution in [-0.2, 0) is 14.3 Å². The molecule has 0 aromatic rings. The van der Waals surface area contributed by atoms with Crippen molar-refractivity contribution in [2.24, 2.45) is 0 Å². The van der Waals surface area contributed by atoms with Gasteiger partial charge in [-0.1, -0.05) is 222 Å². The maximum Gasteiger partial charge on any atom is 0.249 e. The Hall–Kier alpha value is -2.19. The van der Waals surface area contributed by atoms with Crippen LogP contribution in [0.5, 0.6) is 0 Å². The lowest BCUT2D eigenvalue weighted by molar-refractivity contribution is -0.303. The summed E-state index contributed by atoms with van der Waals surface area (Å²) in [7, 11) is 0. The fourth-order valence-corrected chi connectivity index (χ4v) is 9.33. The number of ether oxygens (including phenoxy) is 2. The minimum atomic E-state index is -1.68. The summed E-state index contributed by atoms with van der Waals surface area (Å²) in [6.07, 6.45) is 54.2. The van der Waals surface area contributed by atoms with Gasteiger partial charge >= 0.3 is 0 Å². The van der Waals surface area contributed by atoms with Gasteiger partial charge in [-0.05, 0) is 96.3 Å². The van der Waals surface area contributed by atoms with Crippen molar-refractivity contribution in [3.8, 4) is 0 Å². The standard InChI is InChI=1S/C62H113NO10/c1-3-5-7-9-11-13-15-17-19-21-23-24-25-26-27-28-29-30-31-32-34-36-38-40-42-44-46-48-50-55(66)61(71)63-53(52-72-62-60(70)59(69)58(68)56(51-64)73-62)57(67)54(65)49-47-45-43-41-39-37-35-33-22-20-18-16-14-12-10-8-6-4-2/h16,18,23-24,26-27,33,35,41,43,53-60,62,64-70H,3-15,17,19-22,25,28-32,34,36-40,42,44-52H2,1-2H3,(H,63,71)/b18-16+,24-23-,27-26-,35-33+,43-41+. The minimum Gasteiger partial charge on any atom is -0.394 e. The molecule has 73 heavy (non-hydrogen) atoms. The molecule has 1 aliphatic heterocycles. The van der Waals surface area contributed by atoms with E-state index in [2.05, 4.69) is 79.9 Å². The van der Waals surface area contributed by atoms with Crippen molar-refractivity contribution >= 4 is 5.91 Å². The first-order chi connectivity index (χ1) is 35.7. The smallest absolute Gasteiger partial charge is 0.249 e. The van der Waals surface area contributed by atoms with Crippen LogP contribution < -0.4 is 5.32 Å². The molecule has 1 fully saturated rings. The molecule has 1 rings (SSSR count). The highest BCUT2D eigenvalue weighted by atomic mass is 16.7. The minimum absolute atomic E-state index is 0.239. The number of amides is 1. The van der Waals surface area contributed by atoms with E-state index in [4.69, 9.17) is 9.47 Å². The molecular weight excluding hydrogens is 919 g/mol. The summed E-state index contributed by atoms with van der Waals surface area (Å²) in [5.74, 6) is -0.714. The van der Waals surface area contributed by atoms with Gasteiger partial charge in [0.15, 0.2) is 6.29 Å². The molecule has 1 aliphatic rings. The van der Waals surface area contributed by atoms with Crippen LogP contribution >= 0.6 is 0 Å². The average Bonchev–Trinajstić information content (AvgIpc) is 3.39. The summed E-state index contributed by atoms with van der Waals surface area (Å²) in [6, 6.07) is -1.20. The molecule has 1 heterocycles. The number of aliphatic hydroxyl groups is 7. The monoisotopic (exact) mass is 1030 g/mol. The third kappa shape index (κ3) is 38.9. The zero-order chi connectivity index (χ0) is 53.3. The Bertz CT molecular complexity index is 1370. The summed E-state index contributed by atoms with van der Waals surface area (Å²) < 4.78 is 11.1. The van der Waals surface area contributed by atoms with Gasteiger partial charge in [-0.25, -0.2) is 0 Å². The van der Waals surface area contributed by atoms with Crippen LogP contribution in [0.2, 0.25) is 0 Å². The highest BCUT2D eigenvalue weighted by Crippen LogP contribution is 2.23. The van der Waals surface area contributed by atoms with Crippen LogP contribution in [0, 0.1) is 0 Å². The Morgan fingerprint density at radius 1 is 0.479 bits per heavy atom. The van der Waals surface area contributed by atoms with Crippen molar-refractivity contribution in [3.05, 3.63) is 60.8 Å². The number of nitrogens with one attached hydrogen (secondary N) is 1. The summed E-state index contributed by atoms with van der Waals surface area (Å²) >= 11 is 0. The number of allylic oxidation sites excluding steroid dienone is 10. The maximum atomic E-state index is 13.2. The fraction of sp³-hybridized carbons (Fsp3) is 0.823. The van der Waals surface area contributed by atoms with Crippen LogP contribution in [0.15, 0.2) is 60.8 Å². The van der Waals surface area contributed by atoms with Gasteiger partial charge in [-0.3, -0.25) is 4.79 Å². The van der Waals surface area contributed by atoms with Crippen molar-refractivity contribution in [2.45, 2.75) is 313 Å². The first-order valence-corrected chi connectivity index (χ1v) is 30.2. The van der Waals surface area contributed by atoms with Crippen LogP contribution in [0.4, 0.5) is 0 Å². The Labute approximate surface area is 446 Å². The molecule has 0 radical (unpaired) electrons. The highest BCUT2D eigenvalue weighted by molar-refractivity contribution is 5.80. The van der Waals surface area contributed by atoms with Crippen molar-refractivity contribution < 1.29 is 50.0 Å². The molecule has 0 aromatic carbocycles. The zero-order valence-electron chi connectivity index (χ0n) is 46.6. The van der Waals surface area contributed by atoms with Crippen molar-refractivity contribution in [3.63, 3.8) is 0 Å². The molecule has 11 nitrogen and oxygen atoms in total. The van der Waals surface area contributed by atoms with E-state index in [0.717, 1.165) is 51.4 Å². The lowest BCUT2D eigenvalue weighted by atomic mass is 9.98. The van der Waals surface area contributed by atoms with E-state index in [1.807, 2.05) is 0 Å². The van der Waals surface area contributed by atoms with Crippen LogP contribution in [-0.4, -0.2) is 110 Å². The maximum absolute atomic E-state index is 13.2. The number of rotatable bonds is 51. The molecule has 1 amide bonds. The average molecular weight is 1030 g/mol. The molecule has 1 saturated heterocycles. The van der Waals surface area contributed by atoms with E-state index in [0.29, 0.717) is 19.3 Å². The van der Waals surface area contributed by atoms with Gasteiger partial charge < -0.3 is 50.5 Å². The Morgan fingerprint density at radius 2 is 0.863 bits per heavy atom. The lowest BCUT2D eigenvalue weighted by Gasteiger charge is -2.40. The van der Waals surface area contributed by atoms with Gasteiger partial charge in [0, 0.05) is 0 Å². The van der Waals surface area contributed by atoms with Crippen molar-refractivity contribution in [2.75, 3.05) is 13.2 Å². The number of hydrogen-bond acceptors (Lipinski definition) is 10. The fourth-order valence-electron chi connectivity index (χ4n) is 9.33. The molecule has 0 bridgehead atoms. The third-order valence-corrected chi connectivity index (χ3v) is 14.2. The first-order valence-electron chi connectivity index (χ1n) is 30.2. The van der Waals surface area contributed by atoms with E-state index in [1.54, 1.807) is 0 Å². The Morgan fingerprint density at radius 3 is 1.30 bits per heavy atom. The van der Waals surface area contributed by atoms with Crippen molar-refractivity contribution in [1.82, 2.24) is 5.32 Å². The van der Waals surface area contributed by atoms with Gasteiger partial charge in [-0.15, -0.1) is 0 Å². The SMILES string of the molecule is CCCCCCC/C=C/CC/C=C/CC/C=C/CCCC(O)C(O)C(COC1OC(CO)C(O)C(O)C1O)NC(=O)C(O)CCCCCCCCCCCCCC/C=C\C/C=C\CCCCCCCCCCC. The van der Waals surface area contributed by atoms with Gasteiger partial charge in [-0.2, -0.15) is 0 Å². The number of carbonyl (C=O) groups excluding carboxylic acids is 1. The van der Waals surface area contributed by atoms with Crippen molar-refractivity contribution in [1.29, 1.82) is 0 Å². The summed E-state index contributed by atoms with van der Waals surface area (Å²) in [5, 5.41) is 76.1. The lowest BCUT2D eigenvalue weighted by Crippen LogP contribution is -2.60. The van der Waals surface area contributed by atoms with Crippen LogP contribution in [0.1, 0.15) is 258 Å². The number of carbonyl (C=O) groups is 1. The predicted octanol–water partition coefficient (Wildman–Crippen LogP) is 13.0. The van der Waals surface area contributed by atoms with E-state index in [9.17, 15) is 40.5 Å². The number of aliphatic hydroxyl groups excluding tert-OH is 7. The molecule has 0 aromatic heterocycles. The molecule has 9 atom stereocenters. The van der Waals surface area contributed by atoms with E-state index in [-0.39, 0.29) is 12.8 Å². The van der Waals surface area contributed by atoms with E-state index >= 15 is 0 Å². The van der Waals surface area contributed by atoms with Gasteiger partial charge in [0.25, 0.3) is 0 Å². The molecule has 0 saturated carbocycles. The summed E-state index contributed by atoms with van der Waals surface area (Å²) in [5.41, 5.74) is 0. The van der Waals surface area contributed by atoms with Gasteiger partial charge in [0.1, 0.15) is 36.6 Å². The highest BCUT2D eigenvalue weighted by Gasteiger charge is 2.44. The summed E-state index contributed by atoms with van der Waals surface area (Å²) in [4.78, 5) is 13.2. The molecule has 11 heteroatoms. The molecule has 0 aliphatic carbocycles. The Balaban J connectivity index is 2.30.